The van der Waals surface area contributed by atoms with E-state index in [-0.39, 0.29) is 5.95 Å². The van der Waals surface area contributed by atoms with Gasteiger partial charge in [0.15, 0.2) is 40.4 Å². The van der Waals surface area contributed by atoms with Crippen LogP contribution in [0.2, 0.25) is 0 Å². The van der Waals surface area contributed by atoms with Crippen LogP contribution in [0, 0.1) is 0 Å². The van der Waals surface area contributed by atoms with E-state index in [1.165, 1.54) is 0 Å². The number of imidazole rings is 1. The number of anilines is 1. The Morgan fingerprint density at radius 2 is 1.32 bits per heavy atom. The minimum absolute atomic E-state index is 0.250. The highest BCUT2D eigenvalue weighted by Gasteiger charge is 1.95. The Bertz CT molecular complexity index is 516. The first-order valence-electron chi connectivity index (χ1n) is 4.75. The molecule has 0 amide bonds. The lowest BCUT2D eigenvalue weighted by atomic mass is 10.6. The van der Waals surface area contributed by atoms with Gasteiger partial charge in [-0.25, -0.2) is 9.97 Å². The van der Waals surface area contributed by atoms with Gasteiger partial charge in [0.2, 0.25) is 5.95 Å². The maximum atomic E-state index is 8.57. The molecular weight excluding hydrogens is 382 g/mol. The standard InChI is InChI=1S/C5H5N5.4H3O2P/c6-5-7-1-3-4(10-5)9-2-8-3;4*1-3-2/h1-2H,(H3,6,7,8,9,10);4*3H2,(H,1,2). The molecule has 2 aromatic rings. The molecule has 0 aliphatic rings. The van der Waals surface area contributed by atoms with Crippen molar-refractivity contribution in [2.75, 3.05) is 5.73 Å². The SMILES string of the molecule is Nc1ncc2[nH]cnc2n1.O=[PH2]O.O=[PH2]O.O=[PH2]O.O=[PH2]O. The van der Waals surface area contributed by atoms with Gasteiger partial charge in [0.25, 0.3) is 0 Å². The summed E-state index contributed by atoms with van der Waals surface area (Å²) in [6.45, 7) is 0. The maximum absolute atomic E-state index is 8.57. The van der Waals surface area contributed by atoms with Crippen LogP contribution in [-0.4, -0.2) is 39.5 Å². The lowest BCUT2D eigenvalue weighted by molar-refractivity contribution is 0.523. The van der Waals surface area contributed by atoms with Gasteiger partial charge < -0.3 is 30.3 Å². The molecule has 130 valence electrons. The first-order chi connectivity index (χ1) is 10.5. The minimum Gasteiger partial charge on any atom is -0.368 e. The van der Waals surface area contributed by atoms with Crippen molar-refractivity contribution in [2.45, 2.75) is 0 Å². The van der Waals surface area contributed by atoms with Gasteiger partial charge in [-0.3, -0.25) is 18.3 Å². The van der Waals surface area contributed by atoms with Crippen LogP contribution in [0.5, 0.6) is 0 Å². The van der Waals surface area contributed by atoms with E-state index in [9.17, 15) is 0 Å². The summed E-state index contributed by atoms with van der Waals surface area (Å²) in [5.41, 5.74) is 6.71. The number of aromatic amines is 1. The van der Waals surface area contributed by atoms with E-state index in [1.807, 2.05) is 0 Å². The van der Waals surface area contributed by atoms with Crippen molar-refractivity contribution < 1.29 is 37.8 Å². The highest BCUT2D eigenvalue weighted by molar-refractivity contribution is 7.16. The topological polar surface area (TPSA) is 230 Å². The molecule has 0 saturated heterocycles. The second kappa shape index (κ2) is 22.4. The van der Waals surface area contributed by atoms with Gasteiger partial charge in [-0.2, -0.15) is 4.98 Å². The van der Waals surface area contributed by atoms with Gasteiger partial charge in [-0.1, -0.05) is 0 Å². The third-order valence-electron chi connectivity index (χ3n) is 1.19. The Kier molecular flexibility index (Phi) is 26.5. The third-order valence-corrected chi connectivity index (χ3v) is 1.19. The van der Waals surface area contributed by atoms with E-state index in [0.29, 0.717) is 5.65 Å². The molecule has 2 aromatic heterocycles. The zero-order chi connectivity index (χ0) is 17.8. The molecule has 0 aromatic carbocycles. The van der Waals surface area contributed by atoms with E-state index in [1.54, 1.807) is 12.5 Å². The number of H-pyrrole nitrogens is 1. The first kappa shape index (κ1) is 26.0. The molecule has 2 heterocycles. The molecule has 22 heavy (non-hydrogen) atoms. The molecule has 0 saturated carbocycles. The molecule has 0 radical (unpaired) electrons. The zero-order valence-electron chi connectivity index (χ0n) is 10.8. The molecule has 13 nitrogen and oxygen atoms in total. The van der Waals surface area contributed by atoms with E-state index < -0.39 is 34.7 Å². The molecule has 0 spiro atoms. The van der Waals surface area contributed by atoms with E-state index in [2.05, 4.69) is 19.9 Å². The van der Waals surface area contributed by atoms with E-state index in [4.69, 9.17) is 43.6 Å². The Hall–Kier alpha value is -0.890. The Morgan fingerprint density at radius 1 is 0.909 bits per heavy atom. The fourth-order valence-corrected chi connectivity index (χ4v) is 0.749. The van der Waals surface area contributed by atoms with E-state index >= 15 is 0 Å². The van der Waals surface area contributed by atoms with Crippen LogP contribution in [0.1, 0.15) is 0 Å². The van der Waals surface area contributed by atoms with Crippen LogP contribution in [0.4, 0.5) is 5.95 Å². The Morgan fingerprint density at radius 3 is 1.73 bits per heavy atom. The largest absolute Gasteiger partial charge is 0.368 e. The number of nitrogens with zero attached hydrogens (tertiary/aromatic N) is 3. The normalized spacial score (nSPS) is 10.0. The van der Waals surface area contributed by atoms with Crippen LogP contribution >= 0.6 is 34.7 Å². The van der Waals surface area contributed by atoms with Crippen molar-refractivity contribution >= 4 is 51.9 Å². The summed E-state index contributed by atoms with van der Waals surface area (Å²) < 4.78 is 34.3. The second-order valence-corrected chi connectivity index (χ2v) is 3.13. The van der Waals surface area contributed by atoms with Crippen molar-refractivity contribution in [3.05, 3.63) is 12.5 Å². The monoisotopic (exact) mass is 399 g/mol. The summed E-state index contributed by atoms with van der Waals surface area (Å²) in [7, 11) is -6.00. The molecule has 0 aliphatic carbocycles. The number of nitrogens with two attached hydrogens (primary N) is 1. The average molecular weight is 399 g/mol. The second-order valence-electron chi connectivity index (χ2n) is 2.29. The highest BCUT2D eigenvalue weighted by Crippen LogP contribution is 2.03. The average Bonchev–Trinajstić information content (AvgIpc) is 2.89. The molecule has 0 bridgehead atoms. The number of hydrogen-bond acceptors (Lipinski definition) is 8. The molecule has 4 unspecified atom stereocenters. The van der Waals surface area contributed by atoms with Crippen molar-refractivity contribution in [3.63, 3.8) is 0 Å². The van der Waals surface area contributed by atoms with Crippen LogP contribution in [0.15, 0.2) is 12.5 Å². The van der Waals surface area contributed by atoms with Crippen molar-refractivity contribution in [2.24, 2.45) is 0 Å². The van der Waals surface area contributed by atoms with E-state index in [0.717, 1.165) is 5.52 Å². The minimum atomic E-state index is -1.50. The molecule has 0 aliphatic heterocycles. The summed E-state index contributed by atoms with van der Waals surface area (Å²) in [6.07, 6.45) is 3.16. The first-order valence-corrected chi connectivity index (χ1v) is 8.70. The molecule has 17 heteroatoms. The Labute approximate surface area is 128 Å². The quantitative estimate of drug-likeness (QED) is 0.279. The Balaban J connectivity index is -0.000000254. The number of nitrogen functional groups attached to an aromatic ring is 1. The van der Waals surface area contributed by atoms with Crippen LogP contribution in [0.25, 0.3) is 11.2 Å². The van der Waals surface area contributed by atoms with Gasteiger partial charge in [0, 0.05) is 0 Å². The zero-order valence-corrected chi connectivity index (χ0v) is 15.4. The summed E-state index contributed by atoms with van der Waals surface area (Å²) >= 11 is 0. The molecule has 7 N–H and O–H groups in total. The van der Waals surface area contributed by atoms with Crippen molar-refractivity contribution in [1.29, 1.82) is 0 Å². The summed E-state index contributed by atoms with van der Waals surface area (Å²) in [4.78, 5) is 42.8. The summed E-state index contributed by atoms with van der Waals surface area (Å²) in [5, 5.41) is 0. The fourth-order valence-electron chi connectivity index (χ4n) is 0.749. The highest BCUT2D eigenvalue weighted by atomic mass is 31.1. The van der Waals surface area contributed by atoms with Crippen LogP contribution in [-0.2, 0) is 18.3 Å². The molecule has 4 atom stereocenters. The van der Waals surface area contributed by atoms with Crippen LogP contribution < -0.4 is 5.73 Å². The molecular formula is C5H17N5O8P4. The van der Waals surface area contributed by atoms with Gasteiger partial charge in [0.05, 0.1) is 12.5 Å². The van der Waals surface area contributed by atoms with Gasteiger partial charge >= 0.3 is 0 Å². The smallest absolute Gasteiger partial charge is 0.222 e. The third kappa shape index (κ3) is 19.1. The fraction of sp³-hybridized carbons (Fsp3) is 0. The predicted molar refractivity (Wildman–Crippen MR) is 86.6 cm³/mol. The van der Waals surface area contributed by atoms with Gasteiger partial charge in [0.1, 0.15) is 5.52 Å². The predicted octanol–water partition coefficient (Wildman–Crippen LogP) is -1.46. The number of nitrogens with one attached hydrogen (secondary N) is 1. The molecule has 2 rings (SSSR count). The van der Waals surface area contributed by atoms with Gasteiger partial charge in [-0.05, 0) is 0 Å². The van der Waals surface area contributed by atoms with Gasteiger partial charge in [-0.15, -0.1) is 0 Å². The summed E-state index contributed by atoms with van der Waals surface area (Å²) in [6, 6.07) is 0. The van der Waals surface area contributed by atoms with Crippen molar-refractivity contribution in [1.82, 2.24) is 19.9 Å². The number of fused-ring (bicyclic) bond motifs is 1. The lowest BCUT2D eigenvalue weighted by Gasteiger charge is -1.87. The summed E-state index contributed by atoms with van der Waals surface area (Å²) in [5.74, 6) is 0.250. The van der Waals surface area contributed by atoms with Crippen molar-refractivity contribution in [3.8, 4) is 0 Å². The number of hydrogen-bond donors (Lipinski definition) is 6. The number of aromatic nitrogens is 4. The lowest BCUT2D eigenvalue weighted by Crippen LogP contribution is -1.93. The molecule has 0 fully saturated rings. The maximum Gasteiger partial charge on any atom is 0.222 e. The van der Waals surface area contributed by atoms with Crippen LogP contribution in [0.3, 0.4) is 0 Å². The number of rotatable bonds is 0.